The highest BCUT2D eigenvalue weighted by Crippen LogP contribution is 2.25. The fourth-order valence-corrected chi connectivity index (χ4v) is 1.95. The largest absolute Gasteiger partial charge is 0.392 e. The van der Waals surface area contributed by atoms with Crippen LogP contribution >= 0.6 is 15.9 Å². The molecule has 0 radical (unpaired) electrons. The molecule has 1 aromatic carbocycles. The minimum absolute atomic E-state index is 0.0195. The molecule has 86 valence electrons. The van der Waals surface area contributed by atoms with Crippen LogP contribution in [-0.2, 0) is 6.61 Å². The summed E-state index contributed by atoms with van der Waals surface area (Å²) in [6.07, 6.45) is 0.491. The van der Waals surface area contributed by atoms with Crippen molar-refractivity contribution in [2.75, 3.05) is 18.0 Å². The molecule has 0 bridgehead atoms. The van der Waals surface area contributed by atoms with E-state index in [0.717, 1.165) is 22.3 Å². The number of hydrogen-bond acceptors (Lipinski definition) is 3. The van der Waals surface area contributed by atoms with E-state index in [1.165, 1.54) is 0 Å². The molecule has 1 rings (SSSR count). The molecular formula is C12H15BrN2O. The van der Waals surface area contributed by atoms with Gasteiger partial charge in [-0.05, 0) is 19.1 Å². The molecule has 0 atom stereocenters. The van der Waals surface area contributed by atoms with Crippen molar-refractivity contribution in [1.82, 2.24) is 0 Å². The van der Waals surface area contributed by atoms with Crippen LogP contribution in [0.5, 0.6) is 0 Å². The number of benzene rings is 1. The maximum atomic E-state index is 9.27. The van der Waals surface area contributed by atoms with Gasteiger partial charge in [0.1, 0.15) is 0 Å². The zero-order valence-corrected chi connectivity index (χ0v) is 10.9. The SMILES string of the molecule is CCN(CCC#N)c1cc(Br)ccc1CO. The van der Waals surface area contributed by atoms with Gasteiger partial charge < -0.3 is 10.0 Å². The third-order valence-electron chi connectivity index (χ3n) is 2.43. The third-order valence-corrected chi connectivity index (χ3v) is 2.93. The second-order valence-electron chi connectivity index (χ2n) is 3.42. The molecular weight excluding hydrogens is 268 g/mol. The summed E-state index contributed by atoms with van der Waals surface area (Å²) < 4.78 is 0.982. The Bertz CT molecular complexity index is 387. The summed E-state index contributed by atoms with van der Waals surface area (Å²) >= 11 is 3.42. The van der Waals surface area contributed by atoms with Gasteiger partial charge in [0.15, 0.2) is 0 Å². The van der Waals surface area contributed by atoms with Gasteiger partial charge in [0.25, 0.3) is 0 Å². The number of nitriles is 1. The summed E-state index contributed by atoms with van der Waals surface area (Å²) in [6.45, 7) is 3.58. The van der Waals surface area contributed by atoms with Gasteiger partial charge in [-0.1, -0.05) is 22.0 Å². The van der Waals surface area contributed by atoms with Crippen LogP contribution in [0.25, 0.3) is 0 Å². The molecule has 0 amide bonds. The van der Waals surface area contributed by atoms with Crippen molar-refractivity contribution < 1.29 is 5.11 Å². The fraction of sp³-hybridized carbons (Fsp3) is 0.417. The lowest BCUT2D eigenvalue weighted by molar-refractivity contribution is 0.282. The van der Waals surface area contributed by atoms with Gasteiger partial charge in [-0.15, -0.1) is 0 Å². The van der Waals surface area contributed by atoms with E-state index in [-0.39, 0.29) is 6.61 Å². The van der Waals surface area contributed by atoms with E-state index < -0.39 is 0 Å². The van der Waals surface area contributed by atoms with Gasteiger partial charge in [-0.25, -0.2) is 0 Å². The van der Waals surface area contributed by atoms with Gasteiger partial charge in [-0.3, -0.25) is 0 Å². The standard InChI is InChI=1S/C12H15BrN2O/c1-2-15(7-3-6-14)12-8-11(13)5-4-10(12)9-16/h4-5,8,16H,2-3,7,9H2,1H3. The minimum Gasteiger partial charge on any atom is -0.392 e. The molecule has 0 aliphatic carbocycles. The van der Waals surface area contributed by atoms with E-state index in [1.807, 2.05) is 25.1 Å². The molecule has 0 saturated carbocycles. The topological polar surface area (TPSA) is 47.3 Å². The summed E-state index contributed by atoms with van der Waals surface area (Å²) in [5, 5.41) is 17.9. The first-order valence-electron chi connectivity index (χ1n) is 5.24. The molecule has 0 fully saturated rings. The molecule has 1 aromatic rings. The summed E-state index contributed by atoms with van der Waals surface area (Å²) in [7, 11) is 0. The number of rotatable bonds is 5. The van der Waals surface area contributed by atoms with Crippen LogP contribution < -0.4 is 4.90 Å². The van der Waals surface area contributed by atoms with Gasteiger partial charge in [0.05, 0.1) is 19.1 Å². The van der Waals surface area contributed by atoms with Crippen LogP contribution in [0.3, 0.4) is 0 Å². The molecule has 0 spiro atoms. The highest BCUT2D eigenvalue weighted by Gasteiger charge is 2.09. The van der Waals surface area contributed by atoms with Gasteiger partial charge in [-0.2, -0.15) is 5.26 Å². The van der Waals surface area contributed by atoms with E-state index in [2.05, 4.69) is 26.9 Å². The summed E-state index contributed by atoms with van der Waals surface area (Å²) in [4.78, 5) is 2.10. The summed E-state index contributed by atoms with van der Waals surface area (Å²) in [6, 6.07) is 7.92. The van der Waals surface area contributed by atoms with Crippen molar-refractivity contribution in [2.24, 2.45) is 0 Å². The van der Waals surface area contributed by atoms with Crippen molar-refractivity contribution in [3.05, 3.63) is 28.2 Å². The molecule has 0 aliphatic rings. The van der Waals surface area contributed by atoms with Crippen LogP contribution in [-0.4, -0.2) is 18.2 Å². The van der Waals surface area contributed by atoms with Gasteiger partial charge in [0.2, 0.25) is 0 Å². The molecule has 0 aliphatic heterocycles. The van der Waals surface area contributed by atoms with E-state index in [0.29, 0.717) is 13.0 Å². The number of aliphatic hydroxyl groups excluding tert-OH is 1. The average molecular weight is 283 g/mol. The van der Waals surface area contributed by atoms with E-state index in [1.54, 1.807) is 0 Å². The highest BCUT2D eigenvalue weighted by atomic mass is 79.9. The van der Waals surface area contributed by atoms with E-state index in [4.69, 9.17) is 5.26 Å². The van der Waals surface area contributed by atoms with E-state index in [9.17, 15) is 5.11 Å². The minimum atomic E-state index is 0.0195. The maximum Gasteiger partial charge on any atom is 0.0702 e. The summed E-state index contributed by atoms with van der Waals surface area (Å²) in [5.74, 6) is 0. The number of anilines is 1. The Morgan fingerprint density at radius 1 is 1.50 bits per heavy atom. The first kappa shape index (κ1) is 13.0. The zero-order valence-electron chi connectivity index (χ0n) is 9.28. The number of aliphatic hydroxyl groups is 1. The molecule has 0 aromatic heterocycles. The Kier molecular flexibility index (Phi) is 5.30. The smallest absolute Gasteiger partial charge is 0.0702 e. The lowest BCUT2D eigenvalue weighted by Gasteiger charge is -2.24. The molecule has 0 heterocycles. The number of halogens is 1. The van der Waals surface area contributed by atoms with Gasteiger partial charge >= 0.3 is 0 Å². The zero-order chi connectivity index (χ0) is 12.0. The first-order valence-corrected chi connectivity index (χ1v) is 6.03. The van der Waals surface area contributed by atoms with Crippen molar-refractivity contribution >= 4 is 21.6 Å². The first-order chi connectivity index (χ1) is 7.72. The Morgan fingerprint density at radius 2 is 2.25 bits per heavy atom. The molecule has 4 heteroatoms. The Labute approximate surface area is 104 Å². The van der Waals surface area contributed by atoms with Crippen molar-refractivity contribution in [3.63, 3.8) is 0 Å². The van der Waals surface area contributed by atoms with Crippen molar-refractivity contribution in [2.45, 2.75) is 20.0 Å². The fourth-order valence-electron chi connectivity index (χ4n) is 1.60. The van der Waals surface area contributed by atoms with Crippen molar-refractivity contribution in [1.29, 1.82) is 5.26 Å². The Balaban J connectivity index is 2.98. The Hall–Kier alpha value is -1.05. The quantitative estimate of drug-likeness (QED) is 0.903. The van der Waals surface area contributed by atoms with E-state index >= 15 is 0 Å². The van der Waals surface area contributed by atoms with Crippen LogP contribution in [0.15, 0.2) is 22.7 Å². The number of nitrogens with zero attached hydrogens (tertiary/aromatic N) is 2. The Morgan fingerprint density at radius 3 is 2.81 bits per heavy atom. The average Bonchev–Trinajstić information content (AvgIpc) is 2.30. The lowest BCUT2D eigenvalue weighted by Crippen LogP contribution is -2.24. The predicted octanol–water partition coefficient (Wildman–Crippen LogP) is 2.68. The highest BCUT2D eigenvalue weighted by molar-refractivity contribution is 9.10. The predicted molar refractivity (Wildman–Crippen MR) is 68.2 cm³/mol. The second-order valence-corrected chi connectivity index (χ2v) is 4.33. The molecule has 0 unspecified atom stereocenters. The van der Waals surface area contributed by atoms with Gasteiger partial charge in [0, 0.05) is 28.8 Å². The van der Waals surface area contributed by atoms with Crippen molar-refractivity contribution in [3.8, 4) is 6.07 Å². The lowest BCUT2D eigenvalue weighted by atomic mass is 10.1. The van der Waals surface area contributed by atoms with Crippen LogP contribution in [0, 0.1) is 11.3 Å². The van der Waals surface area contributed by atoms with Crippen LogP contribution in [0.4, 0.5) is 5.69 Å². The maximum absolute atomic E-state index is 9.27. The second kappa shape index (κ2) is 6.51. The van der Waals surface area contributed by atoms with Crippen LogP contribution in [0.1, 0.15) is 18.9 Å². The third kappa shape index (κ3) is 3.22. The van der Waals surface area contributed by atoms with Crippen LogP contribution in [0.2, 0.25) is 0 Å². The summed E-state index contributed by atoms with van der Waals surface area (Å²) in [5.41, 5.74) is 1.89. The monoisotopic (exact) mass is 282 g/mol. The molecule has 16 heavy (non-hydrogen) atoms. The normalized spacial score (nSPS) is 9.88. The molecule has 0 saturated heterocycles. The molecule has 1 N–H and O–H groups in total. The number of hydrogen-bond donors (Lipinski definition) is 1. The molecule has 3 nitrogen and oxygen atoms in total.